The SMILES string of the molecule is CCCNc1cnccc1C(=O)Nc1cc(C)cc(C)n1. The molecule has 110 valence electrons. The molecule has 2 aromatic heterocycles. The first-order valence-electron chi connectivity index (χ1n) is 7.04. The predicted octanol–water partition coefficient (Wildman–Crippen LogP) is 3.17. The molecule has 0 unspecified atom stereocenters. The molecule has 5 heteroatoms. The maximum atomic E-state index is 12.4. The lowest BCUT2D eigenvalue weighted by molar-refractivity contribution is 0.102. The molecule has 2 rings (SSSR count). The van der Waals surface area contributed by atoms with Crippen molar-refractivity contribution in [3.8, 4) is 0 Å². The first-order chi connectivity index (χ1) is 10.1. The van der Waals surface area contributed by atoms with Crippen LogP contribution in [0.1, 0.15) is 35.0 Å². The van der Waals surface area contributed by atoms with Gasteiger partial charge in [-0.1, -0.05) is 6.92 Å². The number of pyridine rings is 2. The zero-order chi connectivity index (χ0) is 15.2. The molecule has 21 heavy (non-hydrogen) atoms. The van der Waals surface area contributed by atoms with E-state index in [4.69, 9.17) is 0 Å². The number of aromatic nitrogens is 2. The van der Waals surface area contributed by atoms with Crippen LogP contribution in [-0.2, 0) is 0 Å². The summed E-state index contributed by atoms with van der Waals surface area (Å²) in [6, 6.07) is 5.53. The summed E-state index contributed by atoms with van der Waals surface area (Å²) in [4.78, 5) is 20.8. The van der Waals surface area contributed by atoms with Gasteiger partial charge in [0.25, 0.3) is 5.91 Å². The van der Waals surface area contributed by atoms with Crippen LogP contribution in [0.3, 0.4) is 0 Å². The Bertz CT molecular complexity index is 620. The standard InChI is InChI=1S/C16H20N4O/c1-4-6-18-14-10-17-7-5-13(14)16(21)20-15-9-11(2)8-12(3)19-15/h5,7-10,18H,4,6H2,1-3H3,(H,19,20,21). The molecule has 0 spiro atoms. The lowest BCUT2D eigenvalue weighted by Gasteiger charge is -2.11. The highest BCUT2D eigenvalue weighted by atomic mass is 16.1. The molecule has 5 nitrogen and oxygen atoms in total. The van der Waals surface area contributed by atoms with Crippen LogP contribution in [0, 0.1) is 13.8 Å². The molecule has 0 radical (unpaired) electrons. The molecule has 0 fully saturated rings. The van der Waals surface area contributed by atoms with E-state index >= 15 is 0 Å². The fourth-order valence-corrected chi connectivity index (χ4v) is 2.08. The van der Waals surface area contributed by atoms with E-state index in [1.54, 1.807) is 18.5 Å². The highest BCUT2D eigenvalue weighted by molar-refractivity contribution is 6.07. The zero-order valence-corrected chi connectivity index (χ0v) is 12.6. The average molecular weight is 284 g/mol. The van der Waals surface area contributed by atoms with E-state index in [1.165, 1.54) is 0 Å². The topological polar surface area (TPSA) is 66.9 Å². The van der Waals surface area contributed by atoms with Crippen molar-refractivity contribution in [3.63, 3.8) is 0 Å². The van der Waals surface area contributed by atoms with Gasteiger partial charge in [-0.15, -0.1) is 0 Å². The summed E-state index contributed by atoms with van der Waals surface area (Å²) in [5, 5.41) is 6.05. The van der Waals surface area contributed by atoms with Crippen LogP contribution in [0.4, 0.5) is 11.5 Å². The quantitative estimate of drug-likeness (QED) is 0.885. The van der Waals surface area contributed by atoms with Crippen LogP contribution in [0.15, 0.2) is 30.6 Å². The molecule has 2 N–H and O–H groups in total. The maximum absolute atomic E-state index is 12.4. The van der Waals surface area contributed by atoms with Crippen molar-refractivity contribution < 1.29 is 4.79 Å². The summed E-state index contributed by atoms with van der Waals surface area (Å²) < 4.78 is 0. The van der Waals surface area contributed by atoms with E-state index in [-0.39, 0.29) is 5.91 Å². The molecule has 2 aromatic rings. The fourth-order valence-electron chi connectivity index (χ4n) is 2.08. The van der Waals surface area contributed by atoms with Crippen molar-refractivity contribution in [2.24, 2.45) is 0 Å². The largest absolute Gasteiger partial charge is 0.383 e. The van der Waals surface area contributed by atoms with E-state index in [9.17, 15) is 4.79 Å². The van der Waals surface area contributed by atoms with Crippen LogP contribution in [-0.4, -0.2) is 22.4 Å². The average Bonchev–Trinajstić information content (AvgIpc) is 2.44. The molecule has 1 amide bonds. The number of aryl methyl sites for hydroxylation is 2. The molecule has 0 aliphatic rings. The Morgan fingerprint density at radius 1 is 1.29 bits per heavy atom. The second-order valence-electron chi connectivity index (χ2n) is 4.97. The lowest BCUT2D eigenvalue weighted by Crippen LogP contribution is -2.16. The predicted molar refractivity (Wildman–Crippen MR) is 84.7 cm³/mol. The van der Waals surface area contributed by atoms with Crippen LogP contribution >= 0.6 is 0 Å². The van der Waals surface area contributed by atoms with Crippen molar-refractivity contribution in [2.75, 3.05) is 17.2 Å². The van der Waals surface area contributed by atoms with Gasteiger partial charge in [0.1, 0.15) is 5.82 Å². The van der Waals surface area contributed by atoms with Gasteiger partial charge in [-0.05, 0) is 44.0 Å². The Balaban J connectivity index is 2.20. The molecule has 0 saturated heterocycles. The molecular formula is C16H20N4O. The molecule has 0 aromatic carbocycles. The third-order valence-electron chi connectivity index (χ3n) is 2.97. The molecule has 0 aliphatic heterocycles. The number of carbonyl (C=O) groups is 1. The summed E-state index contributed by atoms with van der Waals surface area (Å²) in [6.45, 7) is 6.75. The lowest BCUT2D eigenvalue weighted by atomic mass is 10.2. The van der Waals surface area contributed by atoms with Crippen LogP contribution < -0.4 is 10.6 Å². The number of hydrogen-bond donors (Lipinski definition) is 2. The Morgan fingerprint density at radius 2 is 2.10 bits per heavy atom. The van der Waals surface area contributed by atoms with E-state index in [2.05, 4.69) is 27.5 Å². The van der Waals surface area contributed by atoms with Crippen molar-refractivity contribution in [2.45, 2.75) is 27.2 Å². The summed E-state index contributed by atoms with van der Waals surface area (Å²) in [6.07, 6.45) is 4.26. The van der Waals surface area contributed by atoms with Gasteiger partial charge >= 0.3 is 0 Å². The number of carbonyl (C=O) groups excluding carboxylic acids is 1. The molecule has 0 bridgehead atoms. The van der Waals surface area contributed by atoms with Crippen molar-refractivity contribution in [1.82, 2.24) is 9.97 Å². The summed E-state index contributed by atoms with van der Waals surface area (Å²) in [5.41, 5.74) is 3.25. The third-order valence-corrected chi connectivity index (χ3v) is 2.97. The highest BCUT2D eigenvalue weighted by Gasteiger charge is 2.12. The second kappa shape index (κ2) is 6.83. The first-order valence-corrected chi connectivity index (χ1v) is 7.04. The van der Waals surface area contributed by atoms with Crippen molar-refractivity contribution >= 4 is 17.4 Å². The second-order valence-corrected chi connectivity index (χ2v) is 4.97. The van der Waals surface area contributed by atoms with Gasteiger partial charge in [0.15, 0.2) is 0 Å². The minimum Gasteiger partial charge on any atom is -0.383 e. The highest BCUT2D eigenvalue weighted by Crippen LogP contribution is 2.16. The number of nitrogens with one attached hydrogen (secondary N) is 2. The van der Waals surface area contributed by atoms with Gasteiger partial charge in [-0.2, -0.15) is 0 Å². The Kier molecular flexibility index (Phi) is 4.87. The smallest absolute Gasteiger partial charge is 0.259 e. The Labute approximate surface area is 124 Å². The first kappa shape index (κ1) is 15.0. The van der Waals surface area contributed by atoms with E-state index < -0.39 is 0 Å². The summed E-state index contributed by atoms with van der Waals surface area (Å²) >= 11 is 0. The normalized spacial score (nSPS) is 10.2. The number of hydrogen-bond acceptors (Lipinski definition) is 4. The van der Waals surface area contributed by atoms with Crippen LogP contribution in [0.2, 0.25) is 0 Å². The van der Waals surface area contributed by atoms with Crippen molar-refractivity contribution in [3.05, 3.63) is 47.4 Å². The minimum absolute atomic E-state index is 0.187. The number of anilines is 2. The fraction of sp³-hybridized carbons (Fsp3) is 0.312. The van der Waals surface area contributed by atoms with Gasteiger partial charge in [0.2, 0.25) is 0 Å². The molecular weight excluding hydrogens is 264 g/mol. The van der Waals surface area contributed by atoms with Gasteiger partial charge in [-0.3, -0.25) is 9.78 Å². The summed E-state index contributed by atoms with van der Waals surface area (Å²) in [5.74, 6) is 0.379. The van der Waals surface area contributed by atoms with Gasteiger partial charge in [0, 0.05) is 18.4 Å². The minimum atomic E-state index is -0.187. The monoisotopic (exact) mass is 284 g/mol. The molecule has 0 saturated carbocycles. The van der Waals surface area contributed by atoms with Gasteiger partial charge in [-0.25, -0.2) is 4.98 Å². The van der Waals surface area contributed by atoms with Crippen molar-refractivity contribution in [1.29, 1.82) is 0 Å². The van der Waals surface area contributed by atoms with E-state index in [0.717, 1.165) is 29.9 Å². The Morgan fingerprint density at radius 3 is 2.81 bits per heavy atom. The molecule has 0 aliphatic carbocycles. The van der Waals surface area contributed by atoms with Crippen LogP contribution in [0.25, 0.3) is 0 Å². The third kappa shape index (κ3) is 4.02. The number of rotatable bonds is 5. The van der Waals surface area contributed by atoms with Gasteiger partial charge in [0.05, 0.1) is 17.4 Å². The van der Waals surface area contributed by atoms with Crippen LogP contribution in [0.5, 0.6) is 0 Å². The zero-order valence-electron chi connectivity index (χ0n) is 12.6. The van der Waals surface area contributed by atoms with E-state index in [1.807, 2.05) is 26.0 Å². The van der Waals surface area contributed by atoms with Gasteiger partial charge < -0.3 is 10.6 Å². The molecule has 2 heterocycles. The number of amides is 1. The summed E-state index contributed by atoms with van der Waals surface area (Å²) in [7, 11) is 0. The number of nitrogens with zero attached hydrogens (tertiary/aromatic N) is 2. The molecule has 0 atom stereocenters. The Hall–Kier alpha value is -2.43. The maximum Gasteiger partial charge on any atom is 0.259 e. The van der Waals surface area contributed by atoms with E-state index in [0.29, 0.717) is 11.4 Å².